The van der Waals surface area contributed by atoms with Crippen LogP contribution in [0.3, 0.4) is 0 Å². The molecule has 154 valence electrons. The van der Waals surface area contributed by atoms with Crippen LogP contribution >= 0.6 is 12.2 Å². The van der Waals surface area contributed by atoms with Gasteiger partial charge in [-0.15, -0.1) is 0 Å². The molecule has 0 saturated carbocycles. The lowest BCUT2D eigenvalue weighted by molar-refractivity contribution is 0.586. The Kier molecular flexibility index (Phi) is 5.40. The molecule has 1 aliphatic heterocycles. The second-order valence-corrected chi connectivity index (χ2v) is 8.95. The highest BCUT2D eigenvalue weighted by Crippen LogP contribution is 2.32. The molecule has 5 nitrogen and oxygen atoms in total. The highest BCUT2D eigenvalue weighted by molar-refractivity contribution is 7.92. The van der Waals surface area contributed by atoms with Crippen molar-refractivity contribution in [3.63, 3.8) is 0 Å². The number of hydrogen-bond donors (Lipinski definition) is 2. The van der Waals surface area contributed by atoms with Gasteiger partial charge in [-0.2, -0.15) is 0 Å². The first-order valence-electron chi connectivity index (χ1n) is 9.08. The van der Waals surface area contributed by atoms with Crippen molar-refractivity contribution in [2.75, 3.05) is 21.5 Å². The van der Waals surface area contributed by atoms with Crippen molar-refractivity contribution < 1.29 is 17.2 Å². The third kappa shape index (κ3) is 3.99. The lowest BCUT2D eigenvalue weighted by atomic mass is 10.2. The predicted molar refractivity (Wildman–Crippen MR) is 117 cm³/mol. The van der Waals surface area contributed by atoms with E-state index in [1.165, 1.54) is 22.5 Å². The Balaban J connectivity index is 1.47. The lowest BCUT2D eigenvalue weighted by Crippen LogP contribution is -2.29. The number of halogens is 2. The Morgan fingerprint density at radius 1 is 0.967 bits per heavy atom. The summed E-state index contributed by atoms with van der Waals surface area (Å²) in [6, 6.07) is 16.7. The number of anilines is 3. The van der Waals surface area contributed by atoms with Crippen molar-refractivity contribution in [1.82, 2.24) is 0 Å². The number of benzene rings is 3. The van der Waals surface area contributed by atoms with E-state index in [9.17, 15) is 17.2 Å². The van der Waals surface area contributed by atoms with Gasteiger partial charge in [0.2, 0.25) is 0 Å². The molecule has 30 heavy (non-hydrogen) atoms. The van der Waals surface area contributed by atoms with E-state index in [1.807, 2.05) is 18.2 Å². The summed E-state index contributed by atoms with van der Waals surface area (Å²) in [6.45, 7) is 0.402. The number of nitrogens with one attached hydrogen (secondary N) is 2. The average molecular weight is 446 g/mol. The molecule has 0 radical (unpaired) electrons. The predicted octanol–water partition coefficient (Wildman–Crippen LogP) is 4.53. The molecule has 0 aliphatic carbocycles. The van der Waals surface area contributed by atoms with Gasteiger partial charge in [0.1, 0.15) is 11.6 Å². The summed E-state index contributed by atoms with van der Waals surface area (Å²) in [5.41, 5.74) is 2.26. The molecule has 1 heterocycles. The zero-order valence-corrected chi connectivity index (χ0v) is 17.2. The maximum absolute atomic E-state index is 13.7. The van der Waals surface area contributed by atoms with E-state index in [4.69, 9.17) is 12.2 Å². The van der Waals surface area contributed by atoms with Gasteiger partial charge in [0, 0.05) is 18.3 Å². The minimum atomic E-state index is -3.68. The molecule has 0 unspecified atom stereocenters. The van der Waals surface area contributed by atoms with Crippen LogP contribution in [0.1, 0.15) is 5.56 Å². The lowest BCUT2D eigenvalue weighted by Gasteiger charge is -2.20. The fraction of sp³-hybridized carbons (Fsp3) is 0.0952. The smallest absolute Gasteiger partial charge is 0.264 e. The number of nitrogens with zero attached hydrogens (tertiary/aromatic N) is 1. The highest BCUT2D eigenvalue weighted by Gasteiger charge is 2.30. The van der Waals surface area contributed by atoms with Crippen LogP contribution in [0.2, 0.25) is 0 Å². The molecular weight excluding hydrogens is 428 g/mol. The molecule has 0 spiro atoms. The molecular formula is C21H17F2N3O2S2. The zero-order chi connectivity index (χ0) is 21.3. The summed E-state index contributed by atoms with van der Waals surface area (Å²) in [5, 5.41) is 5.57. The number of sulfonamides is 1. The number of para-hydroxylation sites is 1. The number of fused-ring (bicyclic) bond motifs is 1. The topological polar surface area (TPSA) is 61.4 Å². The van der Waals surface area contributed by atoms with Crippen molar-refractivity contribution in [3.8, 4) is 0 Å². The Morgan fingerprint density at radius 2 is 1.70 bits per heavy atom. The molecule has 2 N–H and O–H groups in total. The van der Waals surface area contributed by atoms with Crippen LogP contribution in [0.4, 0.5) is 25.8 Å². The second kappa shape index (κ2) is 8.00. The Hall–Kier alpha value is -3.04. The Morgan fingerprint density at radius 3 is 2.43 bits per heavy atom. The second-order valence-electron chi connectivity index (χ2n) is 6.68. The largest absolute Gasteiger partial charge is 0.332 e. The summed E-state index contributed by atoms with van der Waals surface area (Å²) in [6.07, 6.45) is 0.676. The molecule has 0 saturated heterocycles. The minimum Gasteiger partial charge on any atom is -0.332 e. The standard InChI is InChI=1S/C21H17F2N3O2S2/c22-15-5-10-19(18(23)13-15)25-21(29)24-16-6-8-17(9-7-16)30(27,28)26-12-11-14-3-1-2-4-20(14)26/h1-10,13H,11-12H2,(H2,24,25,29). The third-order valence-corrected chi connectivity index (χ3v) is 6.76. The fourth-order valence-electron chi connectivity index (χ4n) is 3.27. The van der Waals surface area contributed by atoms with Gasteiger partial charge in [-0.1, -0.05) is 18.2 Å². The Labute approximate surface area is 178 Å². The van der Waals surface area contributed by atoms with Crippen molar-refractivity contribution >= 4 is 44.4 Å². The van der Waals surface area contributed by atoms with Gasteiger partial charge in [0.25, 0.3) is 10.0 Å². The van der Waals surface area contributed by atoms with E-state index >= 15 is 0 Å². The monoisotopic (exact) mass is 445 g/mol. The van der Waals surface area contributed by atoms with Gasteiger partial charge in [-0.25, -0.2) is 17.2 Å². The summed E-state index contributed by atoms with van der Waals surface area (Å²) in [7, 11) is -3.68. The number of thiocarbonyl (C=S) groups is 1. The molecule has 0 fully saturated rings. The normalized spacial score (nSPS) is 13.1. The van der Waals surface area contributed by atoms with Crippen molar-refractivity contribution in [3.05, 3.63) is 83.9 Å². The molecule has 3 aromatic carbocycles. The number of hydrogen-bond acceptors (Lipinski definition) is 3. The molecule has 1 aliphatic rings. The van der Waals surface area contributed by atoms with Crippen LogP contribution in [-0.4, -0.2) is 20.1 Å². The van der Waals surface area contributed by atoms with E-state index in [0.29, 0.717) is 24.3 Å². The maximum atomic E-state index is 13.7. The minimum absolute atomic E-state index is 0.0285. The van der Waals surface area contributed by atoms with Gasteiger partial charge < -0.3 is 10.6 Å². The summed E-state index contributed by atoms with van der Waals surface area (Å²) < 4.78 is 54.2. The molecule has 0 aromatic heterocycles. The van der Waals surface area contributed by atoms with Crippen LogP contribution in [0.15, 0.2) is 71.6 Å². The van der Waals surface area contributed by atoms with Crippen molar-refractivity contribution in [2.24, 2.45) is 0 Å². The van der Waals surface area contributed by atoms with Crippen LogP contribution in [-0.2, 0) is 16.4 Å². The molecule has 3 aromatic rings. The first-order chi connectivity index (χ1) is 14.3. The van der Waals surface area contributed by atoms with E-state index in [1.54, 1.807) is 18.2 Å². The van der Waals surface area contributed by atoms with Gasteiger partial charge in [-0.3, -0.25) is 4.31 Å². The molecule has 0 atom stereocenters. The van der Waals surface area contributed by atoms with E-state index in [-0.39, 0.29) is 15.7 Å². The quantitative estimate of drug-likeness (QED) is 0.578. The molecule has 0 bridgehead atoms. The average Bonchev–Trinajstić information content (AvgIpc) is 3.15. The van der Waals surface area contributed by atoms with Gasteiger partial charge >= 0.3 is 0 Å². The third-order valence-electron chi connectivity index (χ3n) is 4.72. The van der Waals surface area contributed by atoms with Crippen molar-refractivity contribution in [2.45, 2.75) is 11.3 Å². The fourth-order valence-corrected chi connectivity index (χ4v) is 5.00. The maximum Gasteiger partial charge on any atom is 0.264 e. The Bertz CT molecular complexity index is 1220. The molecule has 4 rings (SSSR count). The summed E-state index contributed by atoms with van der Waals surface area (Å²) in [4.78, 5) is 0.160. The van der Waals surface area contributed by atoms with Crippen LogP contribution < -0.4 is 14.9 Å². The SMILES string of the molecule is O=S(=O)(c1ccc(NC(=S)Nc2ccc(F)cc2F)cc1)N1CCc2ccccc21. The van der Waals surface area contributed by atoms with E-state index in [0.717, 1.165) is 17.7 Å². The van der Waals surface area contributed by atoms with Crippen LogP contribution in [0.5, 0.6) is 0 Å². The van der Waals surface area contributed by atoms with Gasteiger partial charge in [0.05, 0.1) is 16.3 Å². The van der Waals surface area contributed by atoms with Gasteiger partial charge in [-0.05, 0) is 66.7 Å². The molecule has 0 amide bonds. The van der Waals surface area contributed by atoms with Gasteiger partial charge in [0.15, 0.2) is 5.11 Å². The first kappa shape index (κ1) is 20.2. The van der Waals surface area contributed by atoms with Crippen LogP contribution in [0.25, 0.3) is 0 Å². The summed E-state index contributed by atoms with van der Waals surface area (Å²) in [5.74, 6) is -1.46. The molecule has 9 heteroatoms. The number of rotatable bonds is 4. The first-order valence-corrected chi connectivity index (χ1v) is 10.9. The van der Waals surface area contributed by atoms with E-state index in [2.05, 4.69) is 10.6 Å². The van der Waals surface area contributed by atoms with Crippen molar-refractivity contribution in [1.29, 1.82) is 0 Å². The zero-order valence-electron chi connectivity index (χ0n) is 15.6. The highest BCUT2D eigenvalue weighted by atomic mass is 32.2. The van der Waals surface area contributed by atoms with Crippen LogP contribution in [0, 0.1) is 11.6 Å². The summed E-state index contributed by atoms with van der Waals surface area (Å²) >= 11 is 5.14. The van der Waals surface area contributed by atoms with E-state index < -0.39 is 21.7 Å².